The Kier molecular flexibility index (Phi) is 9.33. The van der Waals surface area contributed by atoms with E-state index in [1.807, 2.05) is 0 Å². The minimum absolute atomic E-state index is 0.412. The number of hydrogen-bond acceptors (Lipinski definition) is 1. The Hall–Kier alpha value is -0.730. The first-order chi connectivity index (χ1) is 7.16. The van der Waals surface area contributed by atoms with Crippen LogP contribution in [0, 0.1) is 5.92 Å². The van der Waals surface area contributed by atoms with Gasteiger partial charge < -0.3 is 11.1 Å². The number of nitrogens with two attached hydrogens (primary N) is 1. The lowest BCUT2D eigenvalue weighted by Crippen LogP contribution is -2.32. The quantitative estimate of drug-likeness (QED) is 0.569. The highest BCUT2D eigenvalue weighted by atomic mass is 16.2. The summed E-state index contributed by atoms with van der Waals surface area (Å²) in [6.07, 6.45) is 9.16. The van der Waals surface area contributed by atoms with Gasteiger partial charge in [-0.25, -0.2) is 4.79 Å². The maximum absolute atomic E-state index is 10.5. The Morgan fingerprint density at radius 1 is 1.20 bits per heavy atom. The van der Waals surface area contributed by atoms with Crippen LogP contribution in [0.1, 0.15) is 58.8 Å². The first-order valence-electron chi connectivity index (χ1n) is 6.20. The molecule has 0 aliphatic rings. The molecule has 0 aliphatic carbocycles. The first-order valence-corrected chi connectivity index (χ1v) is 6.20. The third-order valence-electron chi connectivity index (χ3n) is 2.68. The van der Waals surface area contributed by atoms with E-state index in [9.17, 15) is 4.79 Å². The standard InChI is InChI=1S/C12H26N2O/c1-3-4-5-6-7-8-9-11(2)10-14-12(13)15/h11H,3-10H2,1-2H3,(H3,13,14,15). The van der Waals surface area contributed by atoms with Crippen molar-refractivity contribution in [2.45, 2.75) is 58.8 Å². The Morgan fingerprint density at radius 3 is 2.40 bits per heavy atom. The fourth-order valence-corrected chi connectivity index (χ4v) is 1.65. The van der Waals surface area contributed by atoms with Gasteiger partial charge in [-0.2, -0.15) is 0 Å². The summed E-state index contributed by atoms with van der Waals surface area (Å²) in [5.74, 6) is 0.545. The fraction of sp³-hybridized carbons (Fsp3) is 0.917. The SMILES string of the molecule is CCCCCCCCC(C)CNC(N)=O. The van der Waals surface area contributed by atoms with Gasteiger partial charge in [-0.1, -0.05) is 52.4 Å². The van der Waals surface area contributed by atoms with Crippen LogP contribution in [-0.4, -0.2) is 12.6 Å². The maximum atomic E-state index is 10.5. The molecule has 1 atom stereocenters. The van der Waals surface area contributed by atoms with Crippen molar-refractivity contribution in [1.82, 2.24) is 5.32 Å². The number of hydrogen-bond donors (Lipinski definition) is 2. The second-order valence-corrected chi connectivity index (χ2v) is 4.41. The van der Waals surface area contributed by atoms with Gasteiger partial charge in [-0.15, -0.1) is 0 Å². The van der Waals surface area contributed by atoms with E-state index in [-0.39, 0.29) is 0 Å². The lowest BCUT2D eigenvalue weighted by atomic mass is 10.0. The van der Waals surface area contributed by atoms with Gasteiger partial charge in [-0.3, -0.25) is 0 Å². The normalized spacial score (nSPS) is 12.4. The topological polar surface area (TPSA) is 55.1 Å². The highest BCUT2D eigenvalue weighted by molar-refractivity contribution is 5.71. The number of carbonyl (C=O) groups excluding carboxylic acids is 1. The van der Waals surface area contributed by atoms with E-state index in [2.05, 4.69) is 19.2 Å². The summed E-state index contributed by atoms with van der Waals surface area (Å²) >= 11 is 0. The number of carbonyl (C=O) groups is 1. The van der Waals surface area contributed by atoms with E-state index < -0.39 is 6.03 Å². The lowest BCUT2D eigenvalue weighted by molar-refractivity contribution is 0.247. The Labute approximate surface area is 93.8 Å². The van der Waals surface area contributed by atoms with Gasteiger partial charge in [0, 0.05) is 6.54 Å². The zero-order chi connectivity index (χ0) is 11.5. The van der Waals surface area contributed by atoms with Gasteiger partial charge in [0.2, 0.25) is 0 Å². The fourth-order valence-electron chi connectivity index (χ4n) is 1.65. The van der Waals surface area contributed by atoms with Crippen LogP contribution in [0.5, 0.6) is 0 Å². The van der Waals surface area contributed by atoms with Crippen LogP contribution in [-0.2, 0) is 0 Å². The van der Waals surface area contributed by atoms with Crippen molar-refractivity contribution < 1.29 is 4.79 Å². The van der Waals surface area contributed by atoms with Crippen LogP contribution in [0.4, 0.5) is 4.79 Å². The average molecular weight is 214 g/mol. The smallest absolute Gasteiger partial charge is 0.312 e. The zero-order valence-electron chi connectivity index (χ0n) is 10.2. The molecule has 0 aromatic rings. The van der Waals surface area contributed by atoms with Crippen LogP contribution in [0.3, 0.4) is 0 Å². The Bertz CT molecular complexity index is 160. The summed E-state index contributed by atoms with van der Waals surface area (Å²) in [5.41, 5.74) is 5.00. The largest absolute Gasteiger partial charge is 0.352 e. The molecule has 0 heterocycles. The predicted molar refractivity (Wildman–Crippen MR) is 64.7 cm³/mol. The summed E-state index contributed by atoms with van der Waals surface area (Å²) in [5, 5.41) is 2.65. The Balaban J connectivity index is 3.16. The lowest BCUT2D eigenvalue weighted by Gasteiger charge is -2.10. The second kappa shape index (κ2) is 9.81. The van der Waals surface area contributed by atoms with E-state index in [0.717, 1.165) is 0 Å². The number of nitrogens with one attached hydrogen (secondary N) is 1. The Morgan fingerprint density at radius 2 is 1.80 bits per heavy atom. The summed E-state index contributed by atoms with van der Waals surface area (Å²) in [6, 6.07) is -0.412. The van der Waals surface area contributed by atoms with E-state index in [1.54, 1.807) is 0 Å². The maximum Gasteiger partial charge on any atom is 0.312 e. The summed E-state index contributed by atoms with van der Waals surface area (Å²) < 4.78 is 0. The van der Waals surface area contributed by atoms with Crippen molar-refractivity contribution in [3.05, 3.63) is 0 Å². The molecule has 0 saturated carbocycles. The summed E-state index contributed by atoms with van der Waals surface area (Å²) in [6.45, 7) is 5.10. The minimum atomic E-state index is -0.412. The molecular weight excluding hydrogens is 188 g/mol. The van der Waals surface area contributed by atoms with Gasteiger partial charge in [0.25, 0.3) is 0 Å². The molecule has 15 heavy (non-hydrogen) atoms. The van der Waals surface area contributed by atoms with Crippen LogP contribution < -0.4 is 11.1 Å². The molecule has 3 N–H and O–H groups in total. The second-order valence-electron chi connectivity index (χ2n) is 4.41. The van der Waals surface area contributed by atoms with E-state index in [0.29, 0.717) is 12.5 Å². The van der Waals surface area contributed by atoms with E-state index in [1.165, 1.54) is 44.9 Å². The van der Waals surface area contributed by atoms with Crippen LogP contribution in [0.2, 0.25) is 0 Å². The molecule has 0 aliphatic heterocycles. The monoisotopic (exact) mass is 214 g/mol. The first kappa shape index (κ1) is 14.3. The molecule has 0 spiro atoms. The number of rotatable bonds is 9. The highest BCUT2D eigenvalue weighted by Gasteiger charge is 2.02. The molecule has 0 saturated heterocycles. The molecule has 1 unspecified atom stereocenters. The van der Waals surface area contributed by atoms with Gasteiger partial charge >= 0.3 is 6.03 Å². The van der Waals surface area contributed by atoms with Crippen LogP contribution in [0.25, 0.3) is 0 Å². The molecule has 3 heteroatoms. The number of amides is 2. The third kappa shape index (κ3) is 11.2. The molecule has 0 radical (unpaired) electrons. The number of unbranched alkanes of at least 4 members (excludes halogenated alkanes) is 5. The van der Waals surface area contributed by atoms with Crippen molar-refractivity contribution in [3.8, 4) is 0 Å². The van der Waals surface area contributed by atoms with Gasteiger partial charge in [-0.05, 0) is 12.3 Å². The third-order valence-corrected chi connectivity index (χ3v) is 2.68. The van der Waals surface area contributed by atoms with Crippen molar-refractivity contribution in [2.24, 2.45) is 11.7 Å². The van der Waals surface area contributed by atoms with Gasteiger partial charge in [0.1, 0.15) is 0 Å². The predicted octanol–water partition coefficient (Wildman–Crippen LogP) is 3.04. The molecule has 0 rings (SSSR count). The molecule has 0 bridgehead atoms. The van der Waals surface area contributed by atoms with Crippen molar-refractivity contribution in [2.75, 3.05) is 6.54 Å². The summed E-state index contributed by atoms with van der Waals surface area (Å²) in [7, 11) is 0. The average Bonchev–Trinajstić information content (AvgIpc) is 2.20. The number of primary amides is 1. The minimum Gasteiger partial charge on any atom is -0.352 e. The van der Waals surface area contributed by atoms with Crippen LogP contribution >= 0.6 is 0 Å². The molecule has 0 aromatic heterocycles. The molecule has 0 fully saturated rings. The molecule has 0 aromatic carbocycles. The van der Waals surface area contributed by atoms with Crippen molar-refractivity contribution in [3.63, 3.8) is 0 Å². The molecule has 90 valence electrons. The zero-order valence-corrected chi connectivity index (χ0v) is 10.2. The van der Waals surface area contributed by atoms with Gasteiger partial charge in [0.05, 0.1) is 0 Å². The molecule has 3 nitrogen and oxygen atoms in total. The van der Waals surface area contributed by atoms with Crippen molar-refractivity contribution in [1.29, 1.82) is 0 Å². The van der Waals surface area contributed by atoms with Gasteiger partial charge in [0.15, 0.2) is 0 Å². The van der Waals surface area contributed by atoms with E-state index in [4.69, 9.17) is 5.73 Å². The number of urea groups is 1. The van der Waals surface area contributed by atoms with Crippen LogP contribution in [0.15, 0.2) is 0 Å². The highest BCUT2D eigenvalue weighted by Crippen LogP contribution is 2.11. The van der Waals surface area contributed by atoms with Crippen molar-refractivity contribution >= 4 is 6.03 Å². The molecule has 2 amide bonds. The summed E-state index contributed by atoms with van der Waals surface area (Å²) in [4.78, 5) is 10.5. The molecular formula is C12H26N2O. The van der Waals surface area contributed by atoms with E-state index >= 15 is 0 Å².